The molecule has 70 valence electrons. The monoisotopic (exact) mass is 168 g/mol. The van der Waals surface area contributed by atoms with Gasteiger partial charge in [0.15, 0.2) is 0 Å². The van der Waals surface area contributed by atoms with Crippen LogP contribution in [0.1, 0.15) is 41.0 Å². The molecule has 0 saturated heterocycles. The molecule has 1 nitrogen and oxygen atoms in total. The summed E-state index contributed by atoms with van der Waals surface area (Å²) in [6, 6.07) is 0. The Balaban J connectivity index is 2.68. The molecule has 1 aliphatic rings. The van der Waals surface area contributed by atoms with Crippen LogP contribution in [0.4, 0.5) is 0 Å². The second-order valence-electron chi connectivity index (χ2n) is 4.91. The lowest BCUT2D eigenvalue weighted by Crippen LogP contribution is -2.34. The van der Waals surface area contributed by atoms with Crippen molar-refractivity contribution in [1.29, 1.82) is 0 Å². The predicted molar refractivity (Wildman–Crippen MR) is 52.2 cm³/mol. The Kier molecular flexibility index (Phi) is 2.62. The van der Waals surface area contributed by atoms with Crippen LogP contribution in [-0.2, 0) is 4.74 Å². The topological polar surface area (TPSA) is 9.23 Å². The Labute approximate surface area is 75.8 Å². The molecule has 2 atom stereocenters. The van der Waals surface area contributed by atoms with Gasteiger partial charge in [-0.1, -0.05) is 32.4 Å². The highest BCUT2D eigenvalue weighted by Crippen LogP contribution is 2.31. The first-order valence-electron chi connectivity index (χ1n) is 4.72. The Morgan fingerprint density at radius 3 is 2.42 bits per heavy atom. The molecule has 0 N–H and O–H groups in total. The van der Waals surface area contributed by atoms with Gasteiger partial charge in [-0.05, 0) is 25.7 Å². The third-order valence-corrected chi connectivity index (χ3v) is 2.37. The largest absolute Gasteiger partial charge is 0.370 e. The van der Waals surface area contributed by atoms with Crippen LogP contribution in [0, 0.1) is 5.41 Å². The summed E-state index contributed by atoms with van der Waals surface area (Å²) in [5, 5.41) is 0. The van der Waals surface area contributed by atoms with E-state index in [1.165, 1.54) is 5.57 Å². The molecule has 0 saturated carbocycles. The van der Waals surface area contributed by atoms with Crippen LogP contribution in [-0.4, -0.2) is 12.2 Å². The summed E-state index contributed by atoms with van der Waals surface area (Å²) in [6.07, 6.45) is 3.98. The SMILES string of the molecule is CC1=C[C@@H](C)O[C@@H](C(C)(C)C)C1. The summed E-state index contributed by atoms with van der Waals surface area (Å²) >= 11 is 0. The fourth-order valence-corrected chi connectivity index (χ4v) is 1.62. The van der Waals surface area contributed by atoms with E-state index in [4.69, 9.17) is 4.74 Å². The van der Waals surface area contributed by atoms with Crippen LogP contribution in [0.3, 0.4) is 0 Å². The van der Waals surface area contributed by atoms with Crippen molar-refractivity contribution in [2.45, 2.75) is 53.2 Å². The van der Waals surface area contributed by atoms with Crippen LogP contribution in [0.2, 0.25) is 0 Å². The molecule has 0 radical (unpaired) electrons. The molecule has 0 aromatic carbocycles. The Bertz CT molecular complexity index is 186. The van der Waals surface area contributed by atoms with Crippen LogP contribution in [0.5, 0.6) is 0 Å². The molecule has 0 unspecified atom stereocenters. The van der Waals surface area contributed by atoms with E-state index in [0.29, 0.717) is 12.2 Å². The predicted octanol–water partition coefficient (Wildman–Crippen LogP) is 3.16. The average Bonchev–Trinajstić information content (AvgIpc) is 1.82. The Hall–Kier alpha value is -0.300. The van der Waals surface area contributed by atoms with E-state index in [-0.39, 0.29) is 5.41 Å². The van der Waals surface area contributed by atoms with Crippen molar-refractivity contribution in [3.05, 3.63) is 11.6 Å². The lowest BCUT2D eigenvalue weighted by atomic mass is 9.84. The van der Waals surface area contributed by atoms with E-state index in [2.05, 4.69) is 40.7 Å². The van der Waals surface area contributed by atoms with E-state index in [1.807, 2.05) is 0 Å². The molecular formula is C11H20O. The first-order chi connectivity index (χ1) is 5.39. The highest BCUT2D eigenvalue weighted by atomic mass is 16.5. The zero-order chi connectivity index (χ0) is 9.35. The molecule has 0 bridgehead atoms. The molecule has 0 aromatic heterocycles. The van der Waals surface area contributed by atoms with Gasteiger partial charge in [0.05, 0.1) is 12.2 Å². The molecule has 1 heterocycles. The molecule has 1 rings (SSSR count). The molecule has 0 amide bonds. The molecule has 0 fully saturated rings. The van der Waals surface area contributed by atoms with E-state index in [1.54, 1.807) is 0 Å². The molecule has 0 aliphatic carbocycles. The van der Waals surface area contributed by atoms with Crippen LogP contribution in [0.25, 0.3) is 0 Å². The van der Waals surface area contributed by atoms with E-state index in [9.17, 15) is 0 Å². The van der Waals surface area contributed by atoms with Crippen molar-refractivity contribution < 1.29 is 4.74 Å². The van der Waals surface area contributed by atoms with Gasteiger partial charge < -0.3 is 4.74 Å². The summed E-state index contributed by atoms with van der Waals surface area (Å²) in [4.78, 5) is 0. The fourth-order valence-electron chi connectivity index (χ4n) is 1.62. The highest BCUT2D eigenvalue weighted by molar-refractivity contribution is 5.07. The maximum absolute atomic E-state index is 5.84. The van der Waals surface area contributed by atoms with Gasteiger partial charge in [-0.25, -0.2) is 0 Å². The number of hydrogen-bond donors (Lipinski definition) is 0. The third kappa shape index (κ3) is 2.34. The zero-order valence-electron chi connectivity index (χ0n) is 8.85. The van der Waals surface area contributed by atoms with Gasteiger partial charge in [-0.2, -0.15) is 0 Å². The Morgan fingerprint density at radius 1 is 1.42 bits per heavy atom. The summed E-state index contributed by atoms with van der Waals surface area (Å²) in [7, 11) is 0. The second-order valence-corrected chi connectivity index (χ2v) is 4.91. The minimum atomic E-state index is 0.268. The number of ether oxygens (including phenoxy) is 1. The van der Waals surface area contributed by atoms with E-state index in [0.717, 1.165) is 6.42 Å². The van der Waals surface area contributed by atoms with Gasteiger partial charge in [-0.15, -0.1) is 0 Å². The van der Waals surface area contributed by atoms with Crippen molar-refractivity contribution >= 4 is 0 Å². The van der Waals surface area contributed by atoms with Crippen molar-refractivity contribution in [3.8, 4) is 0 Å². The van der Waals surface area contributed by atoms with Crippen molar-refractivity contribution in [3.63, 3.8) is 0 Å². The van der Waals surface area contributed by atoms with E-state index >= 15 is 0 Å². The van der Waals surface area contributed by atoms with E-state index < -0.39 is 0 Å². The minimum Gasteiger partial charge on any atom is -0.370 e. The van der Waals surface area contributed by atoms with Crippen LogP contribution < -0.4 is 0 Å². The van der Waals surface area contributed by atoms with Crippen molar-refractivity contribution in [1.82, 2.24) is 0 Å². The second kappa shape index (κ2) is 3.21. The molecule has 0 spiro atoms. The van der Waals surface area contributed by atoms with Gasteiger partial charge >= 0.3 is 0 Å². The molecular weight excluding hydrogens is 148 g/mol. The number of rotatable bonds is 0. The van der Waals surface area contributed by atoms with Crippen molar-refractivity contribution in [2.24, 2.45) is 5.41 Å². The van der Waals surface area contributed by atoms with Gasteiger partial charge in [0.1, 0.15) is 0 Å². The fraction of sp³-hybridized carbons (Fsp3) is 0.818. The summed E-state index contributed by atoms with van der Waals surface area (Å²) in [5.74, 6) is 0. The molecule has 0 aromatic rings. The van der Waals surface area contributed by atoms with Gasteiger partial charge in [-0.3, -0.25) is 0 Å². The molecule has 12 heavy (non-hydrogen) atoms. The minimum absolute atomic E-state index is 0.268. The van der Waals surface area contributed by atoms with Gasteiger partial charge in [0.2, 0.25) is 0 Å². The standard InChI is InChI=1S/C11H20O/c1-8-6-9(2)12-10(7-8)11(3,4)5/h6,9-10H,7H2,1-5H3/t9-,10-/m1/s1. The van der Waals surface area contributed by atoms with Gasteiger partial charge in [0.25, 0.3) is 0 Å². The third-order valence-electron chi connectivity index (χ3n) is 2.37. The van der Waals surface area contributed by atoms with Crippen LogP contribution in [0.15, 0.2) is 11.6 Å². The zero-order valence-corrected chi connectivity index (χ0v) is 8.85. The molecule has 1 aliphatic heterocycles. The van der Waals surface area contributed by atoms with Gasteiger partial charge in [0, 0.05) is 0 Å². The maximum atomic E-state index is 5.84. The summed E-state index contributed by atoms with van der Waals surface area (Å²) in [5.41, 5.74) is 1.73. The lowest BCUT2D eigenvalue weighted by Gasteiger charge is -2.35. The Morgan fingerprint density at radius 2 is 2.00 bits per heavy atom. The quantitative estimate of drug-likeness (QED) is 0.505. The average molecular weight is 168 g/mol. The number of hydrogen-bond acceptors (Lipinski definition) is 1. The normalized spacial score (nSPS) is 31.6. The highest BCUT2D eigenvalue weighted by Gasteiger charge is 2.29. The first-order valence-corrected chi connectivity index (χ1v) is 4.72. The lowest BCUT2D eigenvalue weighted by molar-refractivity contribution is -0.0486. The first kappa shape index (κ1) is 9.79. The van der Waals surface area contributed by atoms with Crippen molar-refractivity contribution in [2.75, 3.05) is 0 Å². The maximum Gasteiger partial charge on any atom is 0.0734 e. The molecule has 1 heteroatoms. The smallest absolute Gasteiger partial charge is 0.0734 e. The summed E-state index contributed by atoms with van der Waals surface area (Å²) < 4.78 is 5.84. The summed E-state index contributed by atoms with van der Waals surface area (Å²) in [6.45, 7) is 11.0. The van der Waals surface area contributed by atoms with Crippen LogP contribution >= 0.6 is 0 Å².